The van der Waals surface area contributed by atoms with Gasteiger partial charge in [0.15, 0.2) is 0 Å². The van der Waals surface area contributed by atoms with Gasteiger partial charge in [-0.1, -0.05) is 17.7 Å². The van der Waals surface area contributed by atoms with Crippen molar-refractivity contribution < 1.29 is 14.0 Å². The molecule has 1 N–H and O–H groups in total. The van der Waals surface area contributed by atoms with Crippen LogP contribution in [0.3, 0.4) is 0 Å². The van der Waals surface area contributed by atoms with E-state index in [1.165, 1.54) is 17.0 Å². The lowest BCUT2D eigenvalue weighted by molar-refractivity contribution is -0.133. The van der Waals surface area contributed by atoms with Crippen molar-refractivity contribution in [2.24, 2.45) is 0 Å². The molecule has 0 saturated carbocycles. The highest BCUT2D eigenvalue weighted by Gasteiger charge is 2.29. The lowest BCUT2D eigenvalue weighted by Gasteiger charge is -2.21. The minimum Gasteiger partial charge on any atom is -0.344 e. The van der Waals surface area contributed by atoms with Gasteiger partial charge in [-0.15, -0.1) is 0 Å². The van der Waals surface area contributed by atoms with Gasteiger partial charge in [0.05, 0.1) is 0 Å². The topological polar surface area (TPSA) is 49.4 Å². The highest BCUT2D eigenvalue weighted by atomic mass is 35.5. The van der Waals surface area contributed by atoms with Crippen molar-refractivity contribution in [2.75, 3.05) is 7.05 Å². The van der Waals surface area contributed by atoms with Crippen molar-refractivity contribution in [3.63, 3.8) is 0 Å². The number of nitrogens with zero attached hydrogens (tertiary/aromatic N) is 1. The third kappa shape index (κ3) is 3.23. The van der Waals surface area contributed by atoms with Crippen LogP contribution in [0.25, 0.3) is 0 Å². The van der Waals surface area contributed by atoms with Crippen LogP contribution in [0.5, 0.6) is 0 Å². The van der Waals surface area contributed by atoms with Gasteiger partial charge >= 0.3 is 0 Å². The molecular formula is C13H14ClFN2O2. The Kier molecular flexibility index (Phi) is 4.04. The molecule has 1 atom stereocenters. The van der Waals surface area contributed by atoms with E-state index < -0.39 is 11.9 Å². The molecular weight excluding hydrogens is 271 g/mol. The molecule has 0 aromatic heterocycles. The molecule has 1 fully saturated rings. The molecule has 0 spiro atoms. The molecule has 0 aliphatic carbocycles. The molecule has 1 aliphatic heterocycles. The van der Waals surface area contributed by atoms with E-state index in [1.807, 2.05) is 0 Å². The highest BCUT2D eigenvalue weighted by Crippen LogP contribution is 2.19. The molecule has 1 aromatic carbocycles. The summed E-state index contributed by atoms with van der Waals surface area (Å²) >= 11 is 5.91. The summed E-state index contributed by atoms with van der Waals surface area (Å²) in [6.45, 7) is 0.282. The number of nitrogens with one attached hydrogen (secondary N) is 1. The minimum atomic E-state index is -0.461. The van der Waals surface area contributed by atoms with E-state index in [4.69, 9.17) is 11.6 Å². The quantitative estimate of drug-likeness (QED) is 0.919. The van der Waals surface area contributed by atoms with Gasteiger partial charge in [0.25, 0.3) is 0 Å². The molecule has 6 heteroatoms. The van der Waals surface area contributed by atoms with Gasteiger partial charge in [-0.25, -0.2) is 4.39 Å². The van der Waals surface area contributed by atoms with E-state index >= 15 is 0 Å². The zero-order chi connectivity index (χ0) is 14.0. The molecule has 2 rings (SSSR count). The van der Waals surface area contributed by atoms with Crippen molar-refractivity contribution in [3.8, 4) is 0 Å². The number of amides is 2. The second kappa shape index (κ2) is 5.57. The average molecular weight is 285 g/mol. The molecule has 1 aromatic rings. The molecule has 0 unspecified atom stereocenters. The number of carbonyl (C=O) groups is 2. The summed E-state index contributed by atoms with van der Waals surface area (Å²) in [7, 11) is 1.63. The van der Waals surface area contributed by atoms with Gasteiger partial charge in [0, 0.05) is 25.0 Å². The van der Waals surface area contributed by atoms with Crippen molar-refractivity contribution in [2.45, 2.75) is 25.4 Å². The second-order valence-electron chi connectivity index (χ2n) is 4.59. The van der Waals surface area contributed by atoms with E-state index in [2.05, 4.69) is 5.32 Å². The Labute approximate surface area is 115 Å². The van der Waals surface area contributed by atoms with E-state index in [0.717, 1.165) is 0 Å². The fourth-order valence-electron chi connectivity index (χ4n) is 2.05. The number of halogens is 2. The fourth-order valence-corrected chi connectivity index (χ4v) is 2.28. The lowest BCUT2D eigenvalue weighted by atomic mass is 10.1. The average Bonchev–Trinajstić information content (AvgIpc) is 2.78. The lowest BCUT2D eigenvalue weighted by Crippen LogP contribution is -2.42. The van der Waals surface area contributed by atoms with Crippen LogP contribution < -0.4 is 5.32 Å². The number of rotatable bonds is 3. The van der Waals surface area contributed by atoms with Crippen LogP contribution in [0, 0.1) is 5.82 Å². The predicted molar refractivity (Wildman–Crippen MR) is 69.0 cm³/mol. The van der Waals surface area contributed by atoms with Gasteiger partial charge in [0.1, 0.15) is 11.9 Å². The minimum absolute atomic E-state index is 0.105. The molecule has 1 saturated heterocycles. The maximum absolute atomic E-state index is 12.9. The maximum Gasteiger partial charge on any atom is 0.245 e. The summed E-state index contributed by atoms with van der Waals surface area (Å²) in [5.74, 6) is -0.677. The van der Waals surface area contributed by atoms with Crippen LogP contribution in [0.1, 0.15) is 18.4 Å². The number of benzene rings is 1. The Morgan fingerprint density at radius 3 is 2.89 bits per heavy atom. The monoisotopic (exact) mass is 284 g/mol. The zero-order valence-corrected chi connectivity index (χ0v) is 11.2. The summed E-state index contributed by atoms with van der Waals surface area (Å²) in [4.78, 5) is 24.6. The number of likely N-dealkylation sites (N-methyl/N-ethyl adjacent to an activating group) is 1. The van der Waals surface area contributed by atoms with Gasteiger partial charge in [-0.3, -0.25) is 9.59 Å². The summed E-state index contributed by atoms with van der Waals surface area (Å²) < 4.78 is 12.9. The van der Waals surface area contributed by atoms with Gasteiger partial charge in [0.2, 0.25) is 11.8 Å². The summed E-state index contributed by atoms with van der Waals surface area (Å²) in [5.41, 5.74) is 0.670. The largest absolute Gasteiger partial charge is 0.344 e. The first-order valence-corrected chi connectivity index (χ1v) is 6.33. The van der Waals surface area contributed by atoms with Crippen LogP contribution in [-0.2, 0) is 16.1 Å². The van der Waals surface area contributed by atoms with Crippen LogP contribution in [-0.4, -0.2) is 29.8 Å². The molecule has 1 aliphatic rings. The zero-order valence-electron chi connectivity index (χ0n) is 10.5. The molecule has 1 heterocycles. The summed E-state index contributed by atoms with van der Waals surface area (Å²) in [5, 5.41) is 2.91. The molecule has 0 radical (unpaired) electrons. The van der Waals surface area contributed by atoms with E-state index in [-0.39, 0.29) is 23.4 Å². The van der Waals surface area contributed by atoms with Crippen molar-refractivity contribution in [1.82, 2.24) is 10.2 Å². The van der Waals surface area contributed by atoms with Gasteiger partial charge < -0.3 is 10.2 Å². The Morgan fingerprint density at radius 2 is 2.32 bits per heavy atom. The molecule has 102 valence electrons. The Hall–Kier alpha value is -1.62. The first-order valence-electron chi connectivity index (χ1n) is 5.95. The van der Waals surface area contributed by atoms with Gasteiger partial charge in [-0.05, 0) is 24.1 Å². The summed E-state index contributed by atoms with van der Waals surface area (Å²) in [6.07, 6.45) is 0.890. The second-order valence-corrected chi connectivity index (χ2v) is 5.00. The normalized spacial score (nSPS) is 18.3. The first-order chi connectivity index (χ1) is 8.97. The third-order valence-corrected chi connectivity index (χ3v) is 3.44. The number of hydrogen-bond acceptors (Lipinski definition) is 2. The SMILES string of the molecule is CN(Cc1ccc(F)cc1Cl)C(=O)[C@H]1CCC(=O)N1. The van der Waals surface area contributed by atoms with E-state index in [0.29, 0.717) is 18.4 Å². The standard InChI is InChI=1S/C13H14ClFN2O2/c1-17(13(19)11-4-5-12(18)16-11)7-8-2-3-9(15)6-10(8)14/h2-3,6,11H,4-5,7H2,1H3,(H,16,18)/t11-/m1/s1. The number of hydrogen-bond donors (Lipinski definition) is 1. The van der Waals surface area contributed by atoms with Crippen LogP contribution in [0.4, 0.5) is 4.39 Å². The first kappa shape index (κ1) is 13.8. The molecule has 19 heavy (non-hydrogen) atoms. The maximum atomic E-state index is 12.9. The molecule has 4 nitrogen and oxygen atoms in total. The Bertz CT molecular complexity index is 521. The fraction of sp³-hybridized carbons (Fsp3) is 0.385. The van der Waals surface area contributed by atoms with Crippen LogP contribution in [0.15, 0.2) is 18.2 Å². The summed E-state index contributed by atoms with van der Waals surface area (Å²) in [6, 6.07) is 3.61. The molecule has 2 amide bonds. The van der Waals surface area contributed by atoms with Gasteiger partial charge in [-0.2, -0.15) is 0 Å². The smallest absolute Gasteiger partial charge is 0.245 e. The Morgan fingerprint density at radius 1 is 1.58 bits per heavy atom. The highest BCUT2D eigenvalue weighted by molar-refractivity contribution is 6.31. The number of carbonyl (C=O) groups excluding carboxylic acids is 2. The predicted octanol–water partition coefficient (Wildman–Crippen LogP) is 1.72. The van der Waals surface area contributed by atoms with Crippen molar-refractivity contribution in [3.05, 3.63) is 34.6 Å². The van der Waals surface area contributed by atoms with Crippen molar-refractivity contribution in [1.29, 1.82) is 0 Å². The molecule has 0 bridgehead atoms. The third-order valence-electron chi connectivity index (χ3n) is 3.09. The Balaban J connectivity index is 2.02. The van der Waals surface area contributed by atoms with Crippen LogP contribution >= 0.6 is 11.6 Å². The van der Waals surface area contributed by atoms with Crippen LogP contribution in [0.2, 0.25) is 5.02 Å². The van der Waals surface area contributed by atoms with E-state index in [1.54, 1.807) is 13.1 Å². The van der Waals surface area contributed by atoms with E-state index in [9.17, 15) is 14.0 Å². The van der Waals surface area contributed by atoms with Crippen molar-refractivity contribution >= 4 is 23.4 Å².